The molecule has 0 aliphatic carbocycles. The lowest BCUT2D eigenvalue weighted by Crippen LogP contribution is -2.60. The van der Waals surface area contributed by atoms with Crippen molar-refractivity contribution in [1.29, 1.82) is 0 Å². The molecule has 0 unspecified atom stereocenters. The van der Waals surface area contributed by atoms with Crippen LogP contribution < -0.4 is 82.7 Å². The number of rotatable bonds is 42. The van der Waals surface area contributed by atoms with Gasteiger partial charge in [0.2, 0.25) is 76.8 Å². The van der Waals surface area contributed by atoms with Gasteiger partial charge < -0.3 is 92.5 Å². The van der Waals surface area contributed by atoms with E-state index in [0.29, 0.717) is 55.4 Å². The lowest BCUT2D eigenvalue weighted by Gasteiger charge is -2.32. The lowest BCUT2D eigenvalue weighted by atomic mass is 10.0. The molecule has 2 aliphatic heterocycles. The van der Waals surface area contributed by atoms with Crippen molar-refractivity contribution in [2.45, 2.75) is 183 Å². The van der Waals surface area contributed by atoms with Gasteiger partial charge in [0.1, 0.15) is 54.4 Å². The van der Waals surface area contributed by atoms with E-state index in [9.17, 15) is 62.3 Å². The Balaban J connectivity index is 1.56. The molecule has 2 saturated heterocycles. The van der Waals surface area contributed by atoms with E-state index in [4.69, 9.17) is 40.1 Å². The van der Waals surface area contributed by atoms with E-state index in [1.165, 1.54) is 21.6 Å². The molecule has 2 aromatic rings. The van der Waals surface area contributed by atoms with Gasteiger partial charge in [-0.1, -0.05) is 74.5 Å². The van der Waals surface area contributed by atoms with Crippen molar-refractivity contribution in [3.8, 4) is 0 Å². The number of nitrogens with two attached hydrogens (primary N) is 7. The monoisotopic (exact) mass is 1350 g/mol. The topological polar surface area (TPSA) is 519 Å². The van der Waals surface area contributed by atoms with E-state index in [2.05, 4.69) is 47.5 Å². The third-order valence-electron chi connectivity index (χ3n) is 16.0. The number of benzene rings is 2. The molecule has 32 heteroatoms. The smallest absolute Gasteiger partial charge is 0.245 e. The average molecular weight is 1350 g/mol. The summed E-state index contributed by atoms with van der Waals surface area (Å²) in [5.74, 6) is -9.80. The minimum absolute atomic E-state index is 0.0736. The highest BCUT2D eigenvalue weighted by atomic mass is 32.2. The zero-order chi connectivity index (χ0) is 70.1. The minimum atomic E-state index is -1.64. The molecular formula is C63H98N18O13S. The fraction of sp³-hybridized carbons (Fsp3) is 0.587. The molecule has 10 atom stereocenters. The number of likely N-dealkylation sites (tertiary alicyclic amines) is 2. The summed E-state index contributed by atoms with van der Waals surface area (Å²) in [6.45, 7) is 3.86. The van der Waals surface area contributed by atoms with E-state index in [1.807, 2.05) is 20.1 Å². The van der Waals surface area contributed by atoms with Crippen LogP contribution in [0.15, 0.2) is 65.7 Å². The van der Waals surface area contributed by atoms with Gasteiger partial charge >= 0.3 is 0 Å². The summed E-state index contributed by atoms with van der Waals surface area (Å²) in [7, 11) is 0. The van der Waals surface area contributed by atoms with Crippen molar-refractivity contribution in [1.82, 2.24) is 52.3 Å². The highest BCUT2D eigenvalue weighted by Crippen LogP contribution is 2.24. The van der Waals surface area contributed by atoms with Crippen molar-refractivity contribution in [3.63, 3.8) is 0 Å². The van der Waals surface area contributed by atoms with Crippen LogP contribution in [0.4, 0.5) is 0 Å². The summed E-state index contributed by atoms with van der Waals surface area (Å²) in [6.07, 6.45) is 3.12. The first-order chi connectivity index (χ1) is 45.2. The maximum Gasteiger partial charge on any atom is 0.245 e. The van der Waals surface area contributed by atoms with E-state index in [1.54, 1.807) is 60.7 Å². The Bertz CT molecular complexity index is 2960. The number of hydrogen-bond acceptors (Lipinski definition) is 17. The van der Waals surface area contributed by atoms with Crippen LogP contribution in [-0.4, -0.2) is 198 Å². The van der Waals surface area contributed by atoms with Gasteiger partial charge in [0.15, 0.2) is 5.96 Å². The molecule has 0 aromatic heterocycles. The van der Waals surface area contributed by atoms with Crippen molar-refractivity contribution in [3.05, 3.63) is 71.8 Å². The first-order valence-corrected chi connectivity index (χ1v) is 33.6. The number of unbranched alkanes of at least 4 members (excludes halogenated alkanes) is 1. The Morgan fingerprint density at radius 1 is 0.537 bits per heavy atom. The summed E-state index contributed by atoms with van der Waals surface area (Å²) < 4.78 is 0. The summed E-state index contributed by atoms with van der Waals surface area (Å²) in [5.41, 5.74) is 40.6. The number of carbonyl (C=O) groups is 13. The van der Waals surface area contributed by atoms with Crippen molar-refractivity contribution in [2.24, 2.45) is 51.0 Å². The Labute approximate surface area is 558 Å². The van der Waals surface area contributed by atoms with Gasteiger partial charge in [-0.2, -0.15) is 11.8 Å². The molecule has 2 aromatic carbocycles. The Kier molecular flexibility index (Phi) is 33.9. The average Bonchev–Trinajstić information content (AvgIpc) is 1.74. The number of carbonyl (C=O) groups excluding carboxylic acids is 13. The molecule has 95 heavy (non-hydrogen) atoms. The van der Waals surface area contributed by atoms with Crippen LogP contribution >= 0.6 is 11.8 Å². The Morgan fingerprint density at radius 3 is 1.51 bits per heavy atom. The fourth-order valence-corrected chi connectivity index (χ4v) is 11.5. The number of guanidine groups is 1. The molecule has 2 heterocycles. The number of hydrogen-bond donors (Lipinski definition) is 15. The Morgan fingerprint density at radius 2 is 1.01 bits per heavy atom. The van der Waals surface area contributed by atoms with Crippen LogP contribution in [0.5, 0.6) is 0 Å². The molecule has 31 nitrogen and oxygen atoms in total. The SMILES string of the molecule is CSCC[C@H](NC(=O)[C@H](CC(C)C)NC(=O)CNC(=O)[C@@H](Cc1ccccc1)NC(=O)[C@@H](Cc1ccccc1)NC(=O)[C@H](CCC(N)=O)NC(=O)[C@H](CCC(N)=O)NC(=O)[C@@H]1CCCN1C(=O)[C@@H](CCCCN)NC(=O)[C@H]1CCCN1C(=O)[C@@H](N)CCCN=C(N)N)C(N)=O. The number of nitrogens with zero attached hydrogens (tertiary/aromatic N) is 3. The van der Waals surface area contributed by atoms with Gasteiger partial charge in [-0.3, -0.25) is 67.3 Å². The Hall–Kier alpha value is -8.91. The third-order valence-corrected chi connectivity index (χ3v) is 16.7. The van der Waals surface area contributed by atoms with Crippen LogP contribution in [0.25, 0.3) is 0 Å². The molecule has 22 N–H and O–H groups in total. The highest BCUT2D eigenvalue weighted by Gasteiger charge is 2.42. The standard InChI is InChI=1S/C63H98N18O13S/c1-37(2)33-45(57(89)74-41(53(68)85)27-32-95-3)73-52(84)36-72-54(86)46(34-38-15-6-4-7-16-38)78-58(90)47(35-39-17-8-5-9-18-39)79-56(88)42(23-25-50(66)82)75-55(87)43(24-26-51(67)83)76-59(91)49-22-14-31-81(49)62(94)44(20-10-11-28-64)77-60(92)48-21-13-30-80(48)61(93)40(65)19-12-29-71-63(69)70/h4-9,15-18,37,40-49H,10-14,19-36,64-65H2,1-3H3,(H2,66,82)(H2,67,83)(H2,68,85)(H,72,86)(H,73,84)(H,74,89)(H,75,87)(H,76,91)(H,77,92)(H,78,90)(H,79,88)(H4,69,70,71)/t40-,41-,42-,43-,44+,45-,46+,47+,48+,49-/m0/s1. The molecule has 0 spiro atoms. The number of amides is 13. The highest BCUT2D eigenvalue weighted by molar-refractivity contribution is 7.98. The largest absolute Gasteiger partial charge is 0.370 e. The zero-order valence-corrected chi connectivity index (χ0v) is 55.3. The fourth-order valence-electron chi connectivity index (χ4n) is 11.0. The lowest BCUT2D eigenvalue weighted by molar-refractivity contribution is -0.144. The van der Waals surface area contributed by atoms with E-state index < -0.39 is 169 Å². The van der Waals surface area contributed by atoms with Crippen LogP contribution in [0.1, 0.15) is 121 Å². The molecule has 0 radical (unpaired) electrons. The second-order valence-corrected chi connectivity index (χ2v) is 25.1. The predicted octanol–water partition coefficient (Wildman–Crippen LogP) is -3.71. The maximum atomic E-state index is 14.7. The van der Waals surface area contributed by atoms with Crippen molar-refractivity contribution >= 4 is 94.5 Å². The quantitative estimate of drug-likeness (QED) is 0.0173. The van der Waals surface area contributed by atoms with Gasteiger partial charge in [0.25, 0.3) is 0 Å². The molecule has 2 aliphatic rings. The van der Waals surface area contributed by atoms with Crippen molar-refractivity contribution in [2.75, 3.05) is 44.7 Å². The molecule has 524 valence electrons. The summed E-state index contributed by atoms with van der Waals surface area (Å²) in [4.78, 5) is 185. The van der Waals surface area contributed by atoms with Gasteiger partial charge in [0, 0.05) is 45.3 Å². The second kappa shape index (κ2) is 41.0. The predicted molar refractivity (Wildman–Crippen MR) is 356 cm³/mol. The van der Waals surface area contributed by atoms with Gasteiger partial charge in [-0.25, -0.2) is 0 Å². The summed E-state index contributed by atoms with van der Waals surface area (Å²) in [5, 5.41) is 21.1. The van der Waals surface area contributed by atoms with Gasteiger partial charge in [0.05, 0.1) is 12.6 Å². The number of aliphatic imine (C=N–C) groups is 1. The summed E-state index contributed by atoms with van der Waals surface area (Å²) in [6, 6.07) is 4.51. The van der Waals surface area contributed by atoms with Crippen LogP contribution in [0.3, 0.4) is 0 Å². The van der Waals surface area contributed by atoms with E-state index in [0.717, 1.165) is 0 Å². The van der Waals surface area contributed by atoms with E-state index >= 15 is 0 Å². The summed E-state index contributed by atoms with van der Waals surface area (Å²) >= 11 is 1.45. The molecule has 2 fully saturated rings. The first-order valence-electron chi connectivity index (χ1n) is 32.2. The molecular weight excluding hydrogens is 1250 g/mol. The van der Waals surface area contributed by atoms with Crippen molar-refractivity contribution < 1.29 is 62.3 Å². The van der Waals surface area contributed by atoms with Gasteiger partial charge in [-0.15, -0.1) is 0 Å². The maximum absolute atomic E-state index is 14.7. The molecule has 13 amide bonds. The molecule has 4 rings (SSSR count). The third kappa shape index (κ3) is 27.5. The number of nitrogens with one attached hydrogen (secondary N) is 8. The van der Waals surface area contributed by atoms with E-state index in [-0.39, 0.29) is 83.0 Å². The normalized spacial score (nSPS) is 16.8. The number of thioether (sulfide) groups is 1. The second-order valence-electron chi connectivity index (χ2n) is 24.1. The first kappa shape index (κ1) is 78.5. The van der Waals surface area contributed by atoms with Crippen LogP contribution in [0.2, 0.25) is 0 Å². The molecule has 0 saturated carbocycles. The number of primary amides is 3. The van der Waals surface area contributed by atoms with Crippen LogP contribution in [-0.2, 0) is 75.2 Å². The van der Waals surface area contributed by atoms with Gasteiger partial charge in [-0.05, 0) is 119 Å². The zero-order valence-electron chi connectivity index (χ0n) is 54.5. The molecule has 0 bridgehead atoms. The van der Waals surface area contributed by atoms with Crippen LogP contribution in [0, 0.1) is 5.92 Å². The minimum Gasteiger partial charge on any atom is -0.370 e.